The minimum absolute atomic E-state index is 0.0223. The summed E-state index contributed by atoms with van der Waals surface area (Å²) in [5.74, 6) is 0.0223. The minimum Gasteiger partial charge on any atom is -0.341 e. The van der Waals surface area contributed by atoms with E-state index in [0.717, 1.165) is 15.4 Å². The Kier molecular flexibility index (Phi) is 5.38. The van der Waals surface area contributed by atoms with Crippen molar-refractivity contribution < 1.29 is 4.79 Å². The maximum Gasteiger partial charge on any atom is 0.254 e. The van der Waals surface area contributed by atoms with Crippen LogP contribution in [-0.2, 0) is 6.42 Å². The summed E-state index contributed by atoms with van der Waals surface area (Å²) in [6, 6.07) is 15.8. The van der Waals surface area contributed by atoms with Crippen molar-refractivity contribution in [3.05, 3.63) is 68.6 Å². The summed E-state index contributed by atoms with van der Waals surface area (Å²) in [6.45, 7) is 0.696. The molecule has 2 aromatic carbocycles. The summed E-state index contributed by atoms with van der Waals surface area (Å²) < 4.78 is 1.72. The van der Waals surface area contributed by atoms with Crippen LogP contribution in [0.2, 0.25) is 0 Å². The second-order valence-electron chi connectivity index (χ2n) is 4.59. The molecular weight excluding hydrogens is 382 g/mol. The predicted octanol–water partition coefficient (Wildman–Crippen LogP) is 4.53. The van der Waals surface area contributed by atoms with Crippen molar-refractivity contribution in [3.63, 3.8) is 0 Å². The monoisotopic (exact) mass is 395 g/mol. The summed E-state index contributed by atoms with van der Waals surface area (Å²) in [6.07, 6.45) is 0.856. The van der Waals surface area contributed by atoms with Gasteiger partial charge in [0.15, 0.2) is 0 Å². The van der Waals surface area contributed by atoms with E-state index < -0.39 is 0 Å². The lowest BCUT2D eigenvalue weighted by Crippen LogP contribution is -2.29. The number of amides is 1. The van der Waals surface area contributed by atoms with Gasteiger partial charge >= 0.3 is 0 Å². The first kappa shape index (κ1) is 15.3. The van der Waals surface area contributed by atoms with Gasteiger partial charge in [-0.2, -0.15) is 0 Å². The number of halogens is 2. The Hall–Kier alpha value is -1.13. The van der Waals surface area contributed by atoms with Crippen molar-refractivity contribution in [3.8, 4) is 0 Å². The van der Waals surface area contributed by atoms with E-state index in [-0.39, 0.29) is 5.91 Å². The lowest BCUT2D eigenvalue weighted by molar-refractivity contribution is 0.0795. The molecule has 0 saturated heterocycles. The van der Waals surface area contributed by atoms with Crippen LogP contribution in [0.1, 0.15) is 15.9 Å². The molecule has 0 atom stereocenters. The van der Waals surface area contributed by atoms with E-state index in [0.29, 0.717) is 12.1 Å². The molecule has 104 valence electrons. The summed E-state index contributed by atoms with van der Waals surface area (Å²) in [5.41, 5.74) is 1.91. The first-order valence-corrected chi connectivity index (χ1v) is 7.91. The van der Waals surface area contributed by atoms with Crippen molar-refractivity contribution >= 4 is 37.8 Å². The molecule has 0 spiro atoms. The maximum atomic E-state index is 12.4. The molecule has 0 heterocycles. The molecule has 0 aliphatic rings. The summed E-state index contributed by atoms with van der Waals surface area (Å²) in [5, 5.41) is 0. The van der Waals surface area contributed by atoms with Crippen LogP contribution in [0.5, 0.6) is 0 Å². The third kappa shape index (κ3) is 3.93. The molecule has 1 amide bonds. The van der Waals surface area contributed by atoms with Crippen LogP contribution >= 0.6 is 31.9 Å². The highest BCUT2D eigenvalue weighted by Gasteiger charge is 2.15. The topological polar surface area (TPSA) is 20.3 Å². The highest BCUT2D eigenvalue weighted by Crippen LogP contribution is 2.22. The van der Waals surface area contributed by atoms with Gasteiger partial charge in [0.2, 0.25) is 0 Å². The molecule has 0 aromatic heterocycles. The highest BCUT2D eigenvalue weighted by molar-refractivity contribution is 9.11. The van der Waals surface area contributed by atoms with Gasteiger partial charge in [0.1, 0.15) is 0 Å². The van der Waals surface area contributed by atoms with Crippen molar-refractivity contribution in [2.45, 2.75) is 6.42 Å². The van der Waals surface area contributed by atoms with Crippen LogP contribution in [0.15, 0.2) is 57.5 Å². The van der Waals surface area contributed by atoms with E-state index in [1.807, 2.05) is 43.4 Å². The zero-order valence-electron chi connectivity index (χ0n) is 11.1. The Balaban J connectivity index is 2.03. The number of likely N-dealkylation sites (N-methyl/N-ethyl adjacent to an activating group) is 1. The zero-order chi connectivity index (χ0) is 14.5. The van der Waals surface area contributed by atoms with Crippen LogP contribution in [0.3, 0.4) is 0 Å². The quantitative estimate of drug-likeness (QED) is 0.743. The molecule has 0 saturated carbocycles. The van der Waals surface area contributed by atoms with Crippen LogP contribution in [0.25, 0.3) is 0 Å². The lowest BCUT2D eigenvalue weighted by atomic mass is 10.1. The van der Waals surface area contributed by atoms with Gasteiger partial charge in [0.05, 0.1) is 5.56 Å². The standard InChI is InChI=1S/C16H15Br2NO/c1-19(10-9-12-5-3-2-4-6-12)16(20)14-11-13(17)7-8-15(14)18/h2-8,11H,9-10H2,1H3. The average Bonchev–Trinajstić information content (AvgIpc) is 2.47. The maximum absolute atomic E-state index is 12.4. The molecule has 2 rings (SSSR count). The first-order valence-electron chi connectivity index (χ1n) is 6.32. The van der Waals surface area contributed by atoms with Crippen LogP contribution in [0.4, 0.5) is 0 Å². The van der Waals surface area contributed by atoms with Gasteiger partial charge in [-0.05, 0) is 46.1 Å². The van der Waals surface area contributed by atoms with Gasteiger partial charge in [0, 0.05) is 22.5 Å². The molecule has 2 nitrogen and oxygen atoms in total. The lowest BCUT2D eigenvalue weighted by Gasteiger charge is -2.18. The Morgan fingerprint density at radius 3 is 2.50 bits per heavy atom. The summed E-state index contributed by atoms with van der Waals surface area (Å²) in [4.78, 5) is 14.2. The Labute approximate surface area is 136 Å². The smallest absolute Gasteiger partial charge is 0.254 e. The Morgan fingerprint density at radius 2 is 1.80 bits per heavy atom. The van der Waals surface area contributed by atoms with E-state index in [2.05, 4.69) is 44.0 Å². The summed E-state index contributed by atoms with van der Waals surface area (Å²) in [7, 11) is 1.83. The summed E-state index contributed by atoms with van der Waals surface area (Å²) >= 11 is 6.82. The highest BCUT2D eigenvalue weighted by atomic mass is 79.9. The molecule has 0 bridgehead atoms. The number of nitrogens with zero attached hydrogens (tertiary/aromatic N) is 1. The number of hydrogen-bond acceptors (Lipinski definition) is 1. The van der Waals surface area contributed by atoms with Crippen molar-refractivity contribution in [1.29, 1.82) is 0 Å². The molecule has 0 fully saturated rings. The van der Waals surface area contributed by atoms with Gasteiger partial charge in [-0.25, -0.2) is 0 Å². The van der Waals surface area contributed by atoms with E-state index >= 15 is 0 Å². The molecule has 0 N–H and O–H groups in total. The number of carbonyl (C=O) groups is 1. The Bertz CT molecular complexity index is 599. The van der Waals surface area contributed by atoms with Gasteiger partial charge in [-0.15, -0.1) is 0 Å². The normalized spacial score (nSPS) is 10.3. The van der Waals surface area contributed by atoms with Crippen molar-refractivity contribution in [2.75, 3.05) is 13.6 Å². The van der Waals surface area contributed by atoms with Gasteiger partial charge in [-0.3, -0.25) is 4.79 Å². The number of rotatable bonds is 4. The fraction of sp³-hybridized carbons (Fsp3) is 0.188. The van der Waals surface area contributed by atoms with Crippen LogP contribution < -0.4 is 0 Å². The van der Waals surface area contributed by atoms with E-state index in [1.165, 1.54) is 5.56 Å². The molecule has 0 aliphatic heterocycles. The minimum atomic E-state index is 0.0223. The molecule has 20 heavy (non-hydrogen) atoms. The predicted molar refractivity (Wildman–Crippen MR) is 88.9 cm³/mol. The van der Waals surface area contributed by atoms with Crippen LogP contribution in [0, 0.1) is 0 Å². The van der Waals surface area contributed by atoms with Crippen molar-refractivity contribution in [1.82, 2.24) is 4.90 Å². The molecule has 2 aromatic rings. The second-order valence-corrected chi connectivity index (χ2v) is 6.36. The van der Waals surface area contributed by atoms with Gasteiger partial charge < -0.3 is 4.90 Å². The first-order chi connectivity index (χ1) is 9.58. The molecular formula is C16H15Br2NO. The third-order valence-electron chi connectivity index (χ3n) is 3.08. The third-order valence-corrected chi connectivity index (χ3v) is 4.27. The second kappa shape index (κ2) is 7.04. The fourth-order valence-corrected chi connectivity index (χ4v) is 2.69. The number of hydrogen-bond donors (Lipinski definition) is 0. The van der Waals surface area contributed by atoms with E-state index in [9.17, 15) is 4.79 Å². The van der Waals surface area contributed by atoms with E-state index in [4.69, 9.17) is 0 Å². The average molecular weight is 397 g/mol. The largest absolute Gasteiger partial charge is 0.341 e. The molecule has 0 radical (unpaired) electrons. The van der Waals surface area contributed by atoms with Crippen molar-refractivity contribution in [2.24, 2.45) is 0 Å². The molecule has 0 aliphatic carbocycles. The fourth-order valence-electron chi connectivity index (χ4n) is 1.91. The molecule has 4 heteroatoms. The van der Waals surface area contributed by atoms with Crippen LogP contribution in [-0.4, -0.2) is 24.4 Å². The zero-order valence-corrected chi connectivity index (χ0v) is 14.3. The Morgan fingerprint density at radius 1 is 1.10 bits per heavy atom. The van der Waals surface area contributed by atoms with E-state index in [1.54, 1.807) is 4.90 Å². The van der Waals surface area contributed by atoms with Gasteiger partial charge in [0.25, 0.3) is 5.91 Å². The number of benzene rings is 2. The molecule has 0 unspecified atom stereocenters. The number of carbonyl (C=O) groups excluding carboxylic acids is 1. The van der Waals surface area contributed by atoms with Gasteiger partial charge in [-0.1, -0.05) is 46.3 Å². The SMILES string of the molecule is CN(CCc1ccccc1)C(=O)c1cc(Br)ccc1Br.